The standard InChI is InChI=1S/C23H32N4O6/c1-23(2,3)33-22(31)24-17(11-12-19(28)29)13-15-7-9-16(10-8-15)18-14-26(4)20(25-18)21(30)27(5)32-6/h7-10,14,17H,11-13H2,1-6H3,(H,24,31)(H,28,29)/t17-/m1/s1. The second-order valence-corrected chi connectivity index (χ2v) is 8.72. The van der Waals surface area contributed by atoms with Crippen LogP contribution in [0.15, 0.2) is 30.5 Å². The Morgan fingerprint density at radius 3 is 2.39 bits per heavy atom. The van der Waals surface area contributed by atoms with Crippen molar-refractivity contribution in [1.29, 1.82) is 0 Å². The zero-order valence-electron chi connectivity index (χ0n) is 19.9. The molecular weight excluding hydrogens is 428 g/mol. The van der Waals surface area contributed by atoms with E-state index in [9.17, 15) is 14.4 Å². The van der Waals surface area contributed by atoms with Crippen molar-refractivity contribution in [2.24, 2.45) is 7.05 Å². The molecule has 10 nitrogen and oxygen atoms in total. The number of ether oxygens (including phenoxy) is 1. The molecule has 33 heavy (non-hydrogen) atoms. The Morgan fingerprint density at radius 2 is 1.85 bits per heavy atom. The van der Waals surface area contributed by atoms with Gasteiger partial charge in [-0.05, 0) is 39.2 Å². The van der Waals surface area contributed by atoms with Gasteiger partial charge < -0.3 is 19.7 Å². The minimum Gasteiger partial charge on any atom is -0.481 e. The first-order chi connectivity index (χ1) is 15.4. The van der Waals surface area contributed by atoms with Gasteiger partial charge in [0, 0.05) is 38.3 Å². The third kappa shape index (κ3) is 7.90. The van der Waals surface area contributed by atoms with Crippen molar-refractivity contribution in [1.82, 2.24) is 19.9 Å². The predicted octanol–water partition coefficient (Wildman–Crippen LogP) is 3.02. The van der Waals surface area contributed by atoms with Gasteiger partial charge in [-0.3, -0.25) is 14.4 Å². The molecule has 0 radical (unpaired) electrons. The van der Waals surface area contributed by atoms with Gasteiger partial charge >= 0.3 is 18.0 Å². The van der Waals surface area contributed by atoms with Gasteiger partial charge in [-0.1, -0.05) is 24.3 Å². The maximum Gasteiger partial charge on any atom is 0.407 e. The lowest BCUT2D eigenvalue weighted by Gasteiger charge is -2.23. The van der Waals surface area contributed by atoms with Crippen LogP contribution < -0.4 is 5.32 Å². The number of aromatic nitrogens is 2. The van der Waals surface area contributed by atoms with Crippen LogP contribution in [0, 0.1) is 0 Å². The van der Waals surface area contributed by atoms with E-state index in [1.807, 2.05) is 24.3 Å². The van der Waals surface area contributed by atoms with Crippen LogP contribution in [0.2, 0.25) is 0 Å². The van der Waals surface area contributed by atoms with Crippen LogP contribution in [0.1, 0.15) is 49.8 Å². The summed E-state index contributed by atoms with van der Waals surface area (Å²) in [5, 5.41) is 12.9. The Balaban J connectivity index is 2.13. The van der Waals surface area contributed by atoms with Gasteiger partial charge in [-0.2, -0.15) is 0 Å². The van der Waals surface area contributed by atoms with E-state index in [2.05, 4.69) is 10.3 Å². The van der Waals surface area contributed by atoms with Crippen LogP contribution in [0.4, 0.5) is 4.79 Å². The average molecular weight is 461 g/mol. The quantitative estimate of drug-likeness (QED) is 0.551. The Hall–Kier alpha value is -3.40. The molecular formula is C23H32N4O6. The molecule has 2 N–H and O–H groups in total. The average Bonchev–Trinajstić information content (AvgIpc) is 3.11. The highest BCUT2D eigenvalue weighted by Gasteiger charge is 2.21. The molecule has 0 aliphatic carbocycles. The number of carbonyl (C=O) groups is 3. The van der Waals surface area contributed by atoms with Gasteiger partial charge in [0.2, 0.25) is 5.82 Å². The summed E-state index contributed by atoms with van der Waals surface area (Å²) < 4.78 is 6.93. The molecule has 1 heterocycles. The topological polar surface area (TPSA) is 123 Å². The van der Waals surface area contributed by atoms with Crippen molar-refractivity contribution < 1.29 is 29.1 Å². The molecule has 0 spiro atoms. The first-order valence-electron chi connectivity index (χ1n) is 10.6. The number of nitrogens with zero attached hydrogens (tertiary/aromatic N) is 3. The van der Waals surface area contributed by atoms with Crippen molar-refractivity contribution >= 4 is 18.0 Å². The summed E-state index contributed by atoms with van der Waals surface area (Å²) in [6.07, 6.45) is 1.82. The highest BCUT2D eigenvalue weighted by molar-refractivity contribution is 5.90. The number of benzene rings is 1. The number of aliphatic carboxylic acids is 1. The minimum absolute atomic E-state index is 0.0702. The number of rotatable bonds is 9. The minimum atomic E-state index is -0.930. The van der Waals surface area contributed by atoms with Gasteiger partial charge in [0.25, 0.3) is 0 Å². The van der Waals surface area contributed by atoms with Crippen LogP contribution in [-0.4, -0.2) is 63.5 Å². The van der Waals surface area contributed by atoms with E-state index < -0.39 is 23.7 Å². The molecule has 180 valence electrons. The summed E-state index contributed by atoms with van der Waals surface area (Å²) in [7, 11) is 4.65. The Kier molecular flexibility index (Phi) is 8.58. The number of hydrogen-bond donors (Lipinski definition) is 2. The summed E-state index contributed by atoms with van der Waals surface area (Å²) in [6, 6.07) is 7.11. The van der Waals surface area contributed by atoms with Crippen molar-refractivity contribution in [3.8, 4) is 11.3 Å². The monoisotopic (exact) mass is 460 g/mol. The highest BCUT2D eigenvalue weighted by Crippen LogP contribution is 2.21. The van der Waals surface area contributed by atoms with Crippen LogP contribution in [0.3, 0.4) is 0 Å². The summed E-state index contributed by atoms with van der Waals surface area (Å²) >= 11 is 0. The number of amides is 2. The van der Waals surface area contributed by atoms with Crippen molar-refractivity contribution in [3.63, 3.8) is 0 Å². The van der Waals surface area contributed by atoms with E-state index in [0.29, 0.717) is 12.1 Å². The summed E-state index contributed by atoms with van der Waals surface area (Å²) in [5.74, 6) is -1.05. The SMILES string of the molecule is CON(C)C(=O)c1nc(-c2ccc(C[C@@H](CCC(=O)O)NC(=O)OC(C)(C)C)cc2)cn1C. The summed E-state index contributed by atoms with van der Waals surface area (Å²) in [5.41, 5.74) is 1.71. The first kappa shape index (κ1) is 25.9. The smallest absolute Gasteiger partial charge is 0.407 e. The van der Waals surface area contributed by atoms with Crippen molar-refractivity contribution in [2.45, 2.75) is 51.7 Å². The van der Waals surface area contributed by atoms with E-state index in [1.165, 1.54) is 14.2 Å². The van der Waals surface area contributed by atoms with E-state index in [-0.39, 0.29) is 24.6 Å². The fourth-order valence-electron chi connectivity index (χ4n) is 3.12. The number of hydroxylamine groups is 2. The molecule has 0 aliphatic rings. The molecule has 2 amide bonds. The second-order valence-electron chi connectivity index (χ2n) is 8.72. The van der Waals surface area contributed by atoms with Crippen LogP contribution in [0.5, 0.6) is 0 Å². The molecule has 1 aromatic heterocycles. The van der Waals surface area contributed by atoms with E-state index in [4.69, 9.17) is 14.7 Å². The first-order valence-corrected chi connectivity index (χ1v) is 10.6. The molecule has 0 fully saturated rings. The number of carbonyl (C=O) groups excluding carboxylic acids is 2. The number of alkyl carbamates (subject to hydrolysis) is 1. The fraction of sp³-hybridized carbons (Fsp3) is 0.478. The molecule has 0 saturated heterocycles. The maximum atomic E-state index is 12.3. The molecule has 0 aliphatic heterocycles. The normalized spacial score (nSPS) is 12.2. The number of carboxylic acid groups (broad SMARTS) is 1. The lowest BCUT2D eigenvalue weighted by molar-refractivity contribution is -0.137. The van der Waals surface area contributed by atoms with Gasteiger partial charge in [-0.25, -0.2) is 14.8 Å². The van der Waals surface area contributed by atoms with E-state index >= 15 is 0 Å². The number of hydrogen-bond acceptors (Lipinski definition) is 6. The van der Waals surface area contributed by atoms with Crippen LogP contribution in [-0.2, 0) is 27.8 Å². The van der Waals surface area contributed by atoms with Crippen LogP contribution in [0.25, 0.3) is 11.3 Å². The van der Waals surface area contributed by atoms with E-state index in [0.717, 1.165) is 16.2 Å². The van der Waals surface area contributed by atoms with Gasteiger partial charge in [-0.15, -0.1) is 0 Å². The molecule has 2 aromatic rings. The number of imidazole rings is 1. The Labute approximate surface area is 193 Å². The summed E-state index contributed by atoms with van der Waals surface area (Å²) in [4.78, 5) is 44.9. The summed E-state index contributed by atoms with van der Waals surface area (Å²) in [6.45, 7) is 5.30. The van der Waals surface area contributed by atoms with Crippen molar-refractivity contribution in [3.05, 3.63) is 41.9 Å². The molecule has 2 rings (SSSR count). The van der Waals surface area contributed by atoms with Gasteiger partial charge in [0.05, 0.1) is 12.8 Å². The van der Waals surface area contributed by atoms with Crippen molar-refractivity contribution in [2.75, 3.05) is 14.2 Å². The Morgan fingerprint density at radius 1 is 1.21 bits per heavy atom. The number of aryl methyl sites for hydroxylation is 1. The third-order valence-corrected chi connectivity index (χ3v) is 4.79. The zero-order valence-corrected chi connectivity index (χ0v) is 19.9. The predicted molar refractivity (Wildman–Crippen MR) is 121 cm³/mol. The highest BCUT2D eigenvalue weighted by atomic mass is 16.7. The molecule has 1 atom stereocenters. The van der Waals surface area contributed by atoms with Gasteiger partial charge in [0.15, 0.2) is 0 Å². The van der Waals surface area contributed by atoms with Gasteiger partial charge in [0.1, 0.15) is 5.60 Å². The number of carboxylic acids is 1. The largest absolute Gasteiger partial charge is 0.481 e. The molecule has 1 aromatic carbocycles. The fourth-order valence-corrected chi connectivity index (χ4v) is 3.12. The lowest BCUT2D eigenvalue weighted by atomic mass is 10.00. The molecule has 0 bridgehead atoms. The second kappa shape index (κ2) is 11.0. The Bertz CT molecular complexity index is 978. The lowest BCUT2D eigenvalue weighted by Crippen LogP contribution is -2.40. The molecule has 10 heteroatoms. The van der Waals surface area contributed by atoms with E-state index in [1.54, 1.807) is 38.6 Å². The molecule has 0 unspecified atom stereocenters. The number of nitrogens with one attached hydrogen (secondary N) is 1. The zero-order chi connectivity index (χ0) is 24.8. The van der Waals surface area contributed by atoms with Crippen LogP contribution >= 0.6 is 0 Å². The maximum absolute atomic E-state index is 12.3. The third-order valence-electron chi connectivity index (χ3n) is 4.79. The molecule has 0 saturated carbocycles.